The lowest BCUT2D eigenvalue weighted by Gasteiger charge is -2.35. The Morgan fingerprint density at radius 2 is 2.29 bits per heavy atom. The second-order valence-electron chi connectivity index (χ2n) is 5.07. The number of hydrogen-bond acceptors (Lipinski definition) is 4. The van der Waals surface area contributed by atoms with E-state index in [0.717, 1.165) is 19.3 Å². The number of aliphatic hydroxyl groups is 1. The number of nitrogens with one attached hydrogen (secondary N) is 1. The van der Waals surface area contributed by atoms with E-state index >= 15 is 0 Å². The van der Waals surface area contributed by atoms with Crippen LogP contribution in [0.4, 0.5) is 0 Å². The van der Waals surface area contributed by atoms with Gasteiger partial charge in [0.2, 0.25) is 5.91 Å². The standard InChI is InChI=1S/C12H23NO4/c1-12(2,8-14)10(11(15)13-3)17-9-6-4-5-7-16-9/h9-10,14H,4-8H2,1-3H3,(H,13,15). The summed E-state index contributed by atoms with van der Waals surface area (Å²) in [6, 6.07) is 0. The average Bonchev–Trinajstić information content (AvgIpc) is 2.36. The van der Waals surface area contributed by atoms with Crippen LogP contribution in [0.2, 0.25) is 0 Å². The zero-order valence-corrected chi connectivity index (χ0v) is 10.9. The molecule has 2 atom stereocenters. The molecule has 100 valence electrons. The van der Waals surface area contributed by atoms with Crippen molar-refractivity contribution >= 4 is 5.91 Å². The van der Waals surface area contributed by atoms with Crippen molar-refractivity contribution in [3.63, 3.8) is 0 Å². The summed E-state index contributed by atoms with van der Waals surface area (Å²) in [5.41, 5.74) is -0.624. The van der Waals surface area contributed by atoms with E-state index < -0.39 is 11.5 Å². The molecule has 1 fully saturated rings. The van der Waals surface area contributed by atoms with Crippen molar-refractivity contribution in [2.75, 3.05) is 20.3 Å². The highest BCUT2D eigenvalue weighted by molar-refractivity contribution is 5.81. The van der Waals surface area contributed by atoms with E-state index in [9.17, 15) is 9.90 Å². The fraction of sp³-hybridized carbons (Fsp3) is 0.917. The van der Waals surface area contributed by atoms with Crippen molar-refractivity contribution in [3.05, 3.63) is 0 Å². The average molecular weight is 245 g/mol. The number of ether oxygens (including phenoxy) is 2. The van der Waals surface area contributed by atoms with Crippen LogP contribution in [0, 0.1) is 5.41 Å². The maximum Gasteiger partial charge on any atom is 0.249 e. The first-order valence-corrected chi connectivity index (χ1v) is 6.11. The van der Waals surface area contributed by atoms with Gasteiger partial charge in [-0.1, -0.05) is 13.8 Å². The normalized spacial score (nSPS) is 23.2. The number of carbonyl (C=O) groups excluding carboxylic acids is 1. The van der Waals surface area contributed by atoms with E-state index in [2.05, 4.69) is 5.32 Å². The molecule has 0 aliphatic carbocycles. The van der Waals surface area contributed by atoms with Gasteiger partial charge in [0.1, 0.15) is 6.10 Å². The van der Waals surface area contributed by atoms with Crippen LogP contribution in [0.25, 0.3) is 0 Å². The molecule has 1 saturated heterocycles. The molecule has 0 aromatic heterocycles. The third-order valence-corrected chi connectivity index (χ3v) is 3.03. The van der Waals surface area contributed by atoms with Gasteiger partial charge >= 0.3 is 0 Å². The predicted molar refractivity (Wildman–Crippen MR) is 63.4 cm³/mol. The predicted octanol–water partition coefficient (Wildman–Crippen LogP) is 0.663. The van der Waals surface area contributed by atoms with Gasteiger partial charge < -0.3 is 19.9 Å². The second-order valence-corrected chi connectivity index (χ2v) is 5.07. The molecule has 2 unspecified atom stereocenters. The highest BCUT2D eigenvalue weighted by Gasteiger charge is 2.37. The first kappa shape index (κ1) is 14.4. The lowest BCUT2D eigenvalue weighted by molar-refractivity contribution is -0.212. The minimum atomic E-state index is -0.694. The largest absolute Gasteiger partial charge is 0.396 e. The van der Waals surface area contributed by atoms with Crippen LogP contribution >= 0.6 is 0 Å². The van der Waals surface area contributed by atoms with Crippen molar-refractivity contribution in [3.8, 4) is 0 Å². The van der Waals surface area contributed by atoms with E-state index in [0.29, 0.717) is 6.61 Å². The summed E-state index contributed by atoms with van der Waals surface area (Å²) < 4.78 is 11.2. The molecular weight excluding hydrogens is 222 g/mol. The topological polar surface area (TPSA) is 67.8 Å². The molecule has 1 rings (SSSR count). The van der Waals surface area contributed by atoms with Crippen molar-refractivity contribution in [2.24, 2.45) is 5.41 Å². The molecule has 0 aromatic rings. The van der Waals surface area contributed by atoms with Gasteiger partial charge in [0.15, 0.2) is 6.29 Å². The Kier molecular flexibility index (Phi) is 5.36. The monoisotopic (exact) mass is 245 g/mol. The molecule has 0 radical (unpaired) electrons. The first-order chi connectivity index (χ1) is 8.01. The van der Waals surface area contributed by atoms with Gasteiger partial charge in [0.05, 0.1) is 6.61 Å². The van der Waals surface area contributed by atoms with Crippen LogP contribution < -0.4 is 5.32 Å². The lowest BCUT2D eigenvalue weighted by Crippen LogP contribution is -2.48. The van der Waals surface area contributed by atoms with E-state index in [1.165, 1.54) is 0 Å². The molecule has 0 aromatic carbocycles. The summed E-state index contributed by atoms with van der Waals surface area (Å²) in [6.07, 6.45) is 1.85. The Hall–Kier alpha value is -0.650. The van der Waals surface area contributed by atoms with Crippen LogP contribution in [0.3, 0.4) is 0 Å². The maximum absolute atomic E-state index is 11.8. The fourth-order valence-electron chi connectivity index (χ4n) is 1.79. The molecule has 5 nitrogen and oxygen atoms in total. The van der Waals surface area contributed by atoms with Crippen LogP contribution in [-0.2, 0) is 14.3 Å². The highest BCUT2D eigenvalue weighted by Crippen LogP contribution is 2.26. The number of hydrogen-bond donors (Lipinski definition) is 2. The summed E-state index contributed by atoms with van der Waals surface area (Å²) in [7, 11) is 1.56. The van der Waals surface area contributed by atoms with Crippen molar-refractivity contribution in [1.82, 2.24) is 5.32 Å². The van der Waals surface area contributed by atoms with Crippen molar-refractivity contribution in [1.29, 1.82) is 0 Å². The van der Waals surface area contributed by atoms with Crippen molar-refractivity contribution in [2.45, 2.75) is 45.5 Å². The van der Waals surface area contributed by atoms with Gasteiger partial charge in [-0.05, 0) is 19.3 Å². The van der Waals surface area contributed by atoms with Gasteiger partial charge in [0, 0.05) is 19.1 Å². The van der Waals surface area contributed by atoms with E-state index in [1.807, 2.05) is 0 Å². The zero-order valence-electron chi connectivity index (χ0n) is 10.9. The van der Waals surface area contributed by atoms with Gasteiger partial charge in [-0.15, -0.1) is 0 Å². The molecule has 0 bridgehead atoms. The first-order valence-electron chi connectivity index (χ1n) is 6.11. The molecule has 2 N–H and O–H groups in total. The minimum absolute atomic E-state index is 0.113. The quantitative estimate of drug-likeness (QED) is 0.747. The van der Waals surface area contributed by atoms with Crippen LogP contribution in [0.5, 0.6) is 0 Å². The zero-order chi connectivity index (χ0) is 12.9. The van der Waals surface area contributed by atoms with Gasteiger partial charge in [-0.3, -0.25) is 4.79 Å². The minimum Gasteiger partial charge on any atom is -0.396 e. The number of amides is 1. The second kappa shape index (κ2) is 6.33. The molecule has 17 heavy (non-hydrogen) atoms. The molecule has 0 saturated carbocycles. The molecule has 1 aliphatic heterocycles. The van der Waals surface area contributed by atoms with Crippen molar-refractivity contribution < 1.29 is 19.4 Å². The molecule has 1 amide bonds. The number of aliphatic hydroxyl groups excluding tert-OH is 1. The van der Waals surface area contributed by atoms with E-state index in [-0.39, 0.29) is 18.8 Å². The fourth-order valence-corrected chi connectivity index (χ4v) is 1.79. The van der Waals surface area contributed by atoms with Crippen LogP contribution in [0.15, 0.2) is 0 Å². The summed E-state index contributed by atoms with van der Waals surface area (Å²) in [5.74, 6) is -0.224. The Labute approximate surface area is 102 Å². The third-order valence-electron chi connectivity index (χ3n) is 3.03. The molecule has 1 aliphatic rings. The van der Waals surface area contributed by atoms with Gasteiger partial charge in [0.25, 0.3) is 0 Å². The van der Waals surface area contributed by atoms with Crippen LogP contribution in [-0.4, -0.2) is 43.7 Å². The van der Waals surface area contributed by atoms with Crippen LogP contribution in [0.1, 0.15) is 33.1 Å². The molecule has 5 heteroatoms. The Bertz CT molecular complexity index is 249. The Morgan fingerprint density at radius 3 is 2.76 bits per heavy atom. The smallest absolute Gasteiger partial charge is 0.249 e. The summed E-state index contributed by atoms with van der Waals surface area (Å²) >= 11 is 0. The Morgan fingerprint density at radius 1 is 1.59 bits per heavy atom. The number of carbonyl (C=O) groups is 1. The lowest BCUT2D eigenvalue weighted by atomic mass is 9.86. The van der Waals surface area contributed by atoms with Gasteiger partial charge in [-0.2, -0.15) is 0 Å². The third kappa shape index (κ3) is 3.94. The summed E-state index contributed by atoms with van der Waals surface area (Å²) in [6.45, 7) is 4.16. The Balaban J connectivity index is 2.66. The van der Waals surface area contributed by atoms with Gasteiger partial charge in [-0.25, -0.2) is 0 Å². The summed E-state index contributed by atoms with van der Waals surface area (Å²) in [4.78, 5) is 11.8. The maximum atomic E-state index is 11.8. The molecule has 1 heterocycles. The molecule has 0 spiro atoms. The van der Waals surface area contributed by atoms with E-state index in [1.54, 1.807) is 20.9 Å². The number of rotatable bonds is 5. The van der Waals surface area contributed by atoms with E-state index in [4.69, 9.17) is 9.47 Å². The highest BCUT2D eigenvalue weighted by atomic mass is 16.7. The number of likely N-dealkylation sites (N-methyl/N-ethyl adjacent to an activating group) is 1. The SMILES string of the molecule is CNC(=O)C(OC1CCCCO1)C(C)(C)CO. The summed E-state index contributed by atoms with van der Waals surface area (Å²) in [5, 5.41) is 11.9. The molecular formula is C12H23NO4.